The standard InChI is InChI=1S/C21H23N5/c1-17-19(26-12-7-6-10-20(26)23-17)15-24(2)16-21-22-11-13-25(21)14-18-8-4-3-5-9-18/h3-13H,14-16H2,1-2H3. The van der Waals surface area contributed by atoms with Gasteiger partial charge in [-0.25, -0.2) is 9.97 Å². The van der Waals surface area contributed by atoms with Gasteiger partial charge in [-0.2, -0.15) is 0 Å². The zero-order valence-corrected chi connectivity index (χ0v) is 15.2. The topological polar surface area (TPSA) is 38.4 Å². The van der Waals surface area contributed by atoms with E-state index in [1.165, 1.54) is 11.3 Å². The molecule has 0 amide bonds. The number of rotatable bonds is 6. The fraction of sp³-hybridized carbons (Fsp3) is 0.238. The van der Waals surface area contributed by atoms with Gasteiger partial charge in [-0.15, -0.1) is 0 Å². The summed E-state index contributed by atoms with van der Waals surface area (Å²) in [5.74, 6) is 1.07. The lowest BCUT2D eigenvalue weighted by atomic mass is 10.2. The Balaban J connectivity index is 1.49. The molecule has 3 aromatic heterocycles. The van der Waals surface area contributed by atoms with Gasteiger partial charge < -0.3 is 8.97 Å². The van der Waals surface area contributed by atoms with Crippen molar-refractivity contribution < 1.29 is 0 Å². The molecule has 0 aliphatic heterocycles. The lowest BCUT2D eigenvalue weighted by molar-refractivity contribution is 0.301. The monoisotopic (exact) mass is 345 g/mol. The molecule has 4 rings (SSSR count). The van der Waals surface area contributed by atoms with E-state index >= 15 is 0 Å². The van der Waals surface area contributed by atoms with Crippen LogP contribution < -0.4 is 0 Å². The first-order valence-electron chi connectivity index (χ1n) is 8.86. The van der Waals surface area contributed by atoms with Crippen molar-refractivity contribution in [2.45, 2.75) is 26.6 Å². The molecule has 132 valence electrons. The second kappa shape index (κ2) is 7.14. The number of hydrogen-bond donors (Lipinski definition) is 0. The van der Waals surface area contributed by atoms with Crippen LogP contribution >= 0.6 is 0 Å². The van der Waals surface area contributed by atoms with E-state index in [0.29, 0.717) is 0 Å². The number of aromatic nitrogens is 4. The fourth-order valence-electron chi connectivity index (χ4n) is 3.32. The molecule has 0 N–H and O–H groups in total. The Hall–Kier alpha value is -2.92. The van der Waals surface area contributed by atoms with Crippen molar-refractivity contribution in [3.8, 4) is 0 Å². The number of hydrogen-bond acceptors (Lipinski definition) is 3. The van der Waals surface area contributed by atoms with E-state index < -0.39 is 0 Å². The number of fused-ring (bicyclic) bond motifs is 1. The van der Waals surface area contributed by atoms with E-state index in [-0.39, 0.29) is 0 Å². The summed E-state index contributed by atoms with van der Waals surface area (Å²) in [5, 5.41) is 0. The molecule has 0 atom stereocenters. The quantitative estimate of drug-likeness (QED) is 0.537. The van der Waals surface area contributed by atoms with Crippen molar-refractivity contribution in [3.05, 3.63) is 89.9 Å². The first-order chi connectivity index (χ1) is 12.7. The van der Waals surface area contributed by atoms with Crippen LogP contribution in [0, 0.1) is 6.92 Å². The van der Waals surface area contributed by atoms with Crippen molar-refractivity contribution in [1.29, 1.82) is 0 Å². The zero-order valence-electron chi connectivity index (χ0n) is 15.2. The molecule has 0 bridgehead atoms. The van der Waals surface area contributed by atoms with Gasteiger partial charge in [0.05, 0.1) is 17.9 Å². The summed E-state index contributed by atoms with van der Waals surface area (Å²) in [7, 11) is 2.13. The van der Waals surface area contributed by atoms with E-state index in [1.807, 2.05) is 30.5 Å². The van der Waals surface area contributed by atoms with Gasteiger partial charge in [-0.1, -0.05) is 36.4 Å². The summed E-state index contributed by atoms with van der Waals surface area (Å²) >= 11 is 0. The Morgan fingerprint density at radius 2 is 1.77 bits per heavy atom. The lowest BCUT2D eigenvalue weighted by Gasteiger charge is -2.18. The van der Waals surface area contributed by atoms with E-state index in [9.17, 15) is 0 Å². The number of imidazole rings is 2. The van der Waals surface area contributed by atoms with Gasteiger partial charge in [0.1, 0.15) is 11.5 Å². The van der Waals surface area contributed by atoms with E-state index in [0.717, 1.165) is 36.8 Å². The third-order valence-electron chi connectivity index (χ3n) is 4.66. The van der Waals surface area contributed by atoms with E-state index in [1.54, 1.807) is 0 Å². The molecule has 0 spiro atoms. The predicted molar refractivity (Wildman–Crippen MR) is 103 cm³/mol. The molecule has 0 aliphatic carbocycles. The second-order valence-corrected chi connectivity index (χ2v) is 6.70. The molecule has 1 aromatic carbocycles. The van der Waals surface area contributed by atoms with Crippen LogP contribution in [0.1, 0.15) is 22.8 Å². The average molecular weight is 345 g/mol. The predicted octanol–water partition coefficient (Wildman–Crippen LogP) is 3.52. The average Bonchev–Trinajstić information content (AvgIpc) is 3.20. The Morgan fingerprint density at radius 3 is 2.62 bits per heavy atom. The Kier molecular flexibility index (Phi) is 4.54. The van der Waals surface area contributed by atoms with E-state index in [4.69, 9.17) is 0 Å². The largest absolute Gasteiger partial charge is 0.329 e. The summed E-state index contributed by atoms with van der Waals surface area (Å²) in [5.41, 5.74) is 4.59. The van der Waals surface area contributed by atoms with Crippen LogP contribution in [0.25, 0.3) is 5.65 Å². The highest BCUT2D eigenvalue weighted by Gasteiger charge is 2.13. The van der Waals surface area contributed by atoms with Gasteiger partial charge in [0.15, 0.2) is 0 Å². The third-order valence-corrected chi connectivity index (χ3v) is 4.66. The Morgan fingerprint density at radius 1 is 0.962 bits per heavy atom. The third kappa shape index (κ3) is 3.39. The minimum atomic E-state index is 0.791. The van der Waals surface area contributed by atoms with Crippen molar-refractivity contribution in [1.82, 2.24) is 23.8 Å². The molecule has 5 heteroatoms. The highest BCUT2D eigenvalue weighted by Crippen LogP contribution is 2.15. The van der Waals surface area contributed by atoms with Gasteiger partial charge in [0.25, 0.3) is 0 Å². The molecule has 0 aliphatic rings. The van der Waals surface area contributed by atoms with Crippen LogP contribution in [0.4, 0.5) is 0 Å². The molecule has 0 saturated heterocycles. The van der Waals surface area contributed by atoms with Crippen LogP contribution in [0.3, 0.4) is 0 Å². The SMILES string of the molecule is Cc1nc2ccccn2c1CN(C)Cc1nccn1Cc1ccccc1. The number of aryl methyl sites for hydroxylation is 1. The summed E-state index contributed by atoms with van der Waals surface area (Å²) in [6.45, 7) is 4.54. The number of pyridine rings is 1. The molecule has 5 nitrogen and oxygen atoms in total. The van der Waals surface area contributed by atoms with Gasteiger partial charge in [-0.3, -0.25) is 4.90 Å². The summed E-state index contributed by atoms with van der Waals surface area (Å²) in [6.07, 6.45) is 6.01. The van der Waals surface area contributed by atoms with Crippen LogP contribution in [-0.2, 0) is 19.6 Å². The smallest absolute Gasteiger partial charge is 0.137 e. The highest BCUT2D eigenvalue weighted by molar-refractivity contribution is 5.42. The normalized spacial score (nSPS) is 11.5. The molecule has 3 heterocycles. The maximum absolute atomic E-state index is 4.65. The fourth-order valence-corrected chi connectivity index (χ4v) is 3.32. The van der Waals surface area contributed by atoms with Crippen molar-refractivity contribution in [3.63, 3.8) is 0 Å². The van der Waals surface area contributed by atoms with Crippen molar-refractivity contribution in [2.24, 2.45) is 0 Å². The Labute approximate surface area is 153 Å². The maximum atomic E-state index is 4.65. The van der Waals surface area contributed by atoms with E-state index in [2.05, 4.69) is 74.5 Å². The zero-order chi connectivity index (χ0) is 17.9. The van der Waals surface area contributed by atoms with Crippen LogP contribution in [-0.4, -0.2) is 30.9 Å². The molecular weight excluding hydrogens is 322 g/mol. The minimum Gasteiger partial charge on any atom is -0.329 e. The molecule has 0 unspecified atom stereocenters. The molecule has 4 aromatic rings. The second-order valence-electron chi connectivity index (χ2n) is 6.70. The first-order valence-corrected chi connectivity index (χ1v) is 8.86. The number of benzene rings is 1. The Bertz CT molecular complexity index is 1000. The molecule has 0 saturated carbocycles. The van der Waals surface area contributed by atoms with Gasteiger partial charge >= 0.3 is 0 Å². The molecular formula is C21H23N5. The van der Waals surface area contributed by atoms with Crippen LogP contribution in [0.15, 0.2) is 67.1 Å². The summed E-state index contributed by atoms with van der Waals surface area (Å²) < 4.78 is 4.38. The van der Waals surface area contributed by atoms with Crippen molar-refractivity contribution in [2.75, 3.05) is 7.05 Å². The maximum Gasteiger partial charge on any atom is 0.137 e. The minimum absolute atomic E-state index is 0.791. The van der Waals surface area contributed by atoms with Gasteiger partial charge in [0, 0.05) is 31.7 Å². The first kappa shape index (κ1) is 16.5. The molecule has 0 radical (unpaired) electrons. The van der Waals surface area contributed by atoms with Gasteiger partial charge in [-0.05, 0) is 31.7 Å². The lowest BCUT2D eigenvalue weighted by Crippen LogP contribution is -2.21. The van der Waals surface area contributed by atoms with Gasteiger partial charge in [0.2, 0.25) is 0 Å². The molecule has 26 heavy (non-hydrogen) atoms. The van der Waals surface area contributed by atoms with Crippen molar-refractivity contribution >= 4 is 5.65 Å². The van der Waals surface area contributed by atoms with Crippen LogP contribution in [0.2, 0.25) is 0 Å². The molecule has 0 fully saturated rings. The summed E-state index contributed by atoms with van der Waals surface area (Å²) in [4.78, 5) is 11.5. The van der Waals surface area contributed by atoms with Crippen LogP contribution in [0.5, 0.6) is 0 Å². The highest BCUT2D eigenvalue weighted by atomic mass is 15.2. The number of nitrogens with zero attached hydrogens (tertiary/aromatic N) is 5. The summed E-state index contributed by atoms with van der Waals surface area (Å²) in [6, 6.07) is 16.6.